The van der Waals surface area contributed by atoms with E-state index in [1.54, 1.807) is 11.3 Å². The Hall–Kier alpha value is -1.15. The van der Waals surface area contributed by atoms with Crippen LogP contribution in [0.15, 0.2) is 35.7 Å². The summed E-state index contributed by atoms with van der Waals surface area (Å²) in [5.41, 5.74) is 2.54. The maximum Gasteiger partial charge on any atom is 0.123 e. The zero-order chi connectivity index (χ0) is 11.5. The molecule has 3 rings (SSSR count). The summed E-state index contributed by atoms with van der Waals surface area (Å²) in [6.45, 7) is 0. The van der Waals surface area contributed by atoms with Crippen LogP contribution in [0.25, 0.3) is 10.6 Å². The minimum absolute atomic E-state index is 0.890. The summed E-state index contributed by atoms with van der Waals surface area (Å²) in [5.74, 6) is 0.890. The van der Waals surface area contributed by atoms with E-state index < -0.39 is 0 Å². The van der Waals surface area contributed by atoms with Gasteiger partial charge >= 0.3 is 0 Å². The molecule has 0 bridgehead atoms. The second-order valence-electron chi connectivity index (χ2n) is 4.86. The van der Waals surface area contributed by atoms with E-state index in [4.69, 9.17) is 4.98 Å². The van der Waals surface area contributed by atoms with Gasteiger partial charge in [0, 0.05) is 10.9 Å². The lowest BCUT2D eigenvalue weighted by Gasteiger charge is -2.04. The molecule has 0 N–H and O–H groups in total. The molecule has 2 heteroatoms. The molecule has 0 atom stereocenters. The summed E-state index contributed by atoms with van der Waals surface area (Å²) >= 11 is 1.77. The van der Waals surface area contributed by atoms with Crippen LogP contribution in [0, 0.1) is 5.92 Å². The number of aromatic nitrogens is 1. The van der Waals surface area contributed by atoms with Crippen molar-refractivity contribution < 1.29 is 0 Å². The highest BCUT2D eigenvalue weighted by Gasteiger charge is 2.16. The van der Waals surface area contributed by atoms with Crippen molar-refractivity contribution >= 4 is 11.3 Å². The van der Waals surface area contributed by atoms with Gasteiger partial charge in [0.05, 0.1) is 5.69 Å². The van der Waals surface area contributed by atoms with Crippen LogP contribution in [0.5, 0.6) is 0 Å². The molecule has 88 valence electrons. The highest BCUT2D eigenvalue weighted by Crippen LogP contribution is 2.30. The highest BCUT2D eigenvalue weighted by molar-refractivity contribution is 7.13. The zero-order valence-corrected chi connectivity index (χ0v) is 10.7. The second-order valence-corrected chi connectivity index (χ2v) is 5.72. The molecule has 1 aromatic heterocycles. The molecule has 0 unspecified atom stereocenters. The molecule has 1 heterocycles. The van der Waals surface area contributed by atoms with Gasteiger partial charge in [0.25, 0.3) is 0 Å². The molecule has 0 spiro atoms. The van der Waals surface area contributed by atoms with E-state index in [-0.39, 0.29) is 0 Å². The molecule has 1 saturated carbocycles. The average Bonchev–Trinajstić information content (AvgIpc) is 3.02. The number of nitrogens with zero attached hydrogens (tertiary/aromatic N) is 1. The van der Waals surface area contributed by atoms with E-state index in [0.717, 1.165) is 5.92 Å². The van der Waals surface area contributed by atoms with E-state index in [9.17, 15) is 0 Å². The van der Waals surface area contributed by atoms with Crippen LogP contribution in [0.1, 0.15) is 31.4 Å². The largest absolute Gasteiger partial charge is 0.241 e. The maximum absolute atomic E-state index is 4.76. The molecule has 0 radical (unpaired) electrons. The molecule has 1 aliphatic rings. The normalized spacial score (nSPS) is 16.5. The van der Waals surface area contributed by atoms with Crippen LogP contribution in [0.4, 0.5) is 0 Å². The Balaban J connectivity index is 1.74. The summed E-state index contributed by atoms with van der Waals surface area (Å²) in [5, 5.41) is 3.40. The van der Waals surface area contributed by atoms with Gasteiger partial charge in [0.2, 0.25) is 0 Å². The Kier molecular flexibility index (Phi) is 3.23. The number of benzene rings is 1. The lowest BCUT2D eigenvalue weighted by molar-refractivity contribution is 0.541. The molecule has 1 aromatic carbocycles. The molecule has 0 saturated heterocycles. The van der Waals surface area contributed by atoms with Crippen LogP contribution in [-0.4, -0.2) is 4.98 Å². The number of rotatable bonds is 3. The first kappa shape index (κ1) is 11.0. The van der Waals surface area contributed by atoms with Crippen LogP contribution >= 0.6 is 11.3 Å². The molecular formula is C15H17NS. The quantitative estimate of drug-likeness (QED) is 0.771. The van der Waals surface area contributed by atoms with Gasteiger partial charge in [-0.15, -0.1) is 11.3 Å². The molecule has 0 aliphatic heterocycles. The summed E-state index contributed by atoms with van der Waals surface area (Å²) in [7, 11) is 0. The van der Waals surface area contributed by atoms with Crippen molar-refractivity contribution in [1.82, 2.24) is 4.98 Å². The fourth-order valence-corrected chi connectivity index (χ4v) is 3.46. The van der Waals surface area contributed by atoms with Crippen LogP contribution in [0.2, 0.25) is 0 Å². The van der Waals surface area contributed by atoms with Crippen LogP contribution in [0.3, 0.4) is 0 Å². The molecule has 1 nitrogen and oxygen atoms in total. The minimum Gasteiger partial charge on any atom is -0.241 e. The molecule has 1 aliphatic carbocycles. The molecule has 17 heavy (non-hydrogen) atoms. The van der Waals surface area contributed by atoms with E-state index in [0.29, 0.717) is 0 Å². The Bertz CT molecular complexity index is 469. The predicted octanol–water partition coefficient (Wildman–Crippen LogP) is 4.54. The van der Waals surface area contributed by atoms with Crippen LogP contribution < -0.4 is 0 Å². The first-order chi connectivity index (χ1) is 8.42. The Morgan fingerprint density at radius 1 is 1.12 bits per heavy atom. The number of hydrogen-bond acceptors (Lipinski definition) is 2. The highest BCUT2D eigenvalue weighted by atomic mass is 32.1. The van der Waals surface area contributed by atoms with Crippen molar-refractivity contribution in [3.63, 3.8) is 0 Å². The van der Waals surface area contributed by atoms with Crippen molar-refractivity contribution in [3.05, 3.63) is 41.4 Å². The van der Waals surface area contributed by atoms with Gasteiger partial charge in [-0.1, -0.05) is 56.0 Å². The molecule has 0 amide bonds. The second kappa shape index (κ2) is 5.01. The molecule has 1 fully saturated rings. The fraction of sp³-hybridized carbons (Fsp3) is 0.400. The standard InChI is InChI=1S/C15H17NS/c1-2-8-13(9-3-1)15-16-14(11-17-15)10-12-6-4-5-7-12/h1-3,8-9,11-12H,4-7,10H2. The first-order valence-electron chi connectivity index (χ1n) is 6.41. The Morgan fingerprint density at radius 2 is 1.88 bits per heavy atom. The topological polar surface area (TPSA) is 12.9 Å². The first-order valence-corrected chi connectivity index (χ1v) is 7.29. The van der Waals surface area contributed by atoms with Gasteiger partial charge in [-0.05, 0) is 12.3 Å². The summed E-state index contributed by atoms with van der Waals surface area (Å²) in [6, 6.07) is 10.5. The summed E-state index contributed by atoms with van der Waals surface area (Å²) < 4.78 is 0. The fourth-order valence-electron chi connectivity index (χ4n) is 2.62. The van der Waals surface area contributed by atoms with Gasteiger partial charge in [-0.3, -0.25) is 0 Å². The van der Waals surface area contributed by atoms with E-state index in [2.05, 4.69) is 35.7 Å². The lowest BCUT2D eigenvalue weighted by Crippen LogP contribution is -1.98. The smallest absolute Gasteiger partial charge is 0.123 e. The third-order valence-electron chi connectivity index (χ3n) is 3.55. The third-order valence-corrected chi connectivity index (χ3v) is 4.49. The lowest BCUT2D eigenvalue weighted by atomic mass is 10.0. The monoisotopic (exact) mass is 243 g/mol. The zero-order valence-electron chi connectivity index (χ0n) is 9.93. The summed E-state index contributed by atoms with van der Waals surface area (Å²) in [4.78, 5) is 4.76. The van der Waals surface area contributed by atoms with Crippen molar-refractivity contribution in [2.24, 2.45) is 5.92 Å². The Labute approximate surface area is 107 Å². The van der Waals surface area contributed by atoms with Crippen molar-refractivity contribution in [3.8, 4) is 10.6 Å². The SMILES string of the molecule is c1ccc(-c2nc(CC3CCCC3)cs2)cc1. The Morgan fingerprint density at radius 3 is 2.65 bits per heavy atom. The van der Waals surface area contributed by atoms with Crippen molar-refractivity contribution in [2.75, 3.05) is 0 Å². The molecular weight excluding hydrogens is 226 g/mol. The van der Waals surface area contributed by atoms with Gasteiger partial charge in [0.15, 0.2) is 0 Å². The average molecular weight is 243 g/mol. The molecule has 2 aromatic rings. The predicted molar refractivity (Wildman–Crippen MR) is 73.2 cm³/mol. The van der Waals surface area contributed by atoms with Gasteiger partial charge in [-0.2, -0.15) is 0 Å². The van der Waals surface area contributed by atoms with Crippen molar-refractivity contribution in [2.45, 2.75) is 32.1 Å². The van der Waals surface area contributed by atoms with E-state index in [1.165, 1.54) is 48.4 Å². The third kappa shape index (κ3) is 2.58. The summed E-state index contributed by atoms with van der Waals surface area (Å²) in [6.07, 6.45) is 6.82. The van der Waals surface area contributed by atoms with Gasteiger partial charge < -0.3 is 0 Å². The number of hydrogen-bond donors (Lipinski definition) is 0. The van der Waals surface area contributed by atoms with Gasteiger partial charge in [0.1, 0.15) is 5.01 Å². The van der Waals surface area contributed by atoms with Crippen LogP contribution in [-0.2, 0) is 6.42 Å². The number of thiazole rings is 1. The van der Waals surface area contributed by atoms with E-state index >= 15 is 0 Å². The van der Waals surface area contributed by atoms with Crippen molar-refractivity contribution in [1.29, 1.82) is 0 Å². The maximum atomic E-state index is 4.76. The minimum atomic E-state index is 0.890. The van der Waals surface area contributed by atoms with Gasteiger partial charge in [-0.25, -0.2) is 4.98 Å². The van der Waals surface area contributed by atoms with E-state index in [1.807, 2.05) is 0 Å².